The summed E-state index contributed by atoms with van der Waals surface area (Å²) in [7, 11) is -2.12. The third-order valence-corrected chi connectivity index (χ3v) is 5.59. The molecule has 5 nitrogen and oxygen atoms in total. The number of hydrogen-bond acceptors (Lipinski definition) is 4. The van der Waals surface area contributed by atoms with Crippen molar-refractivity contribution in [3.63, 3.8) is 0 Å². The highest BCUT2D eigenvalue weighted by Crippen LogP contribution is 2.32. The minimum atomic E-state index is -3.51. The Bertz CT molecular complexity index is 588. The van der Waals surface area contributed by atoms with E-state index >= 15 is 0 Å². The van der Waals surface area contributed by atoms with Crippen LogP contribution in [0, 0.1) is 5.92 Å². The van der Waals surface area contributed by atoms with Crippen molar-refractivity contribution in [3.05, 3.63) is 24.3 Å². The zero-order valence-corrected chi connectivity index (χ0v) is 13.4. The molecular formula is C15H24N2O3S. The number of nitrogens with one attached hydrogen (secondary N) is 2. The minimum Gasteiger partial charge on any atom is -0.388 e. The van der Waals surface area contributed by atoms with Crippen LogP contribution in [0.3, 0.4) is 0 Å². The van der Waals surface area contributed by atoms with Gasteiger partial charge in [-0.1, -0.05) is 31.9 Å². The van der Waals surface area contributed by atoms with E-state index in [4.69, 9.17) is 0 Å². The van der Waals surface area contributed by atoms with E-state index in [-0.39, 0.29) is 4.90 Å². The second-order valence-corrected chi connectivity index (χ2v) is 7.84. The Kier molecular flexibility index (Phi) is 4.91. The van der Waals surface area contributed by atoms with Gasteiger partial charge >= 0.3 is 0 Å². The summed E-state index contributed by atoms with van der Waals surface area (Å²) in [5.74, 6) is 0.502. The van der Waals surface area contributed by atoms with Crippen LogP contribution >= 0.6 is 0 Å². The van der Waals surface area contributed by atoms with Gasteiger partial charge < -0.3 is 10.4 Å². The molecule has 0 aliphatic heterocycles. The summed E-state index contributed by atoms with van der Waals surface area (Å²) in [4.78, 5) is 0.208. The topological polar surface area (TPSA) is 78.4 Å². The van der Waals surface area contributed by atoms with Crippen molar-refractivity contribution in [2.45, 2.75) is 43.1 Å². The van der Waals surface area contributed by atoms with E-state index in [1.54, 1.807) is 24.3 Å². The molecule has 0 saturated heterocycles. The highest BCUT2D eigenvalue weighted by Gasteiger charge is 2.32. The van der Waals surface area contributed by atoms with Crippen LogP contribution in [0.2, 0.25) is 0 Å². The molecule has 21 heavy (non-hydrogen) atoms. The van der Waals surface area contributed by atoms with Crippen LogP contribution in [0.25, 0.3) is 0 Å². The molecule has 2 rings (SSSR count). The average molecular weight is 312 g/mol. The van der Waals surface area contributed by atoms with Gasteiger partial charge in [-0.2, -0.15) is 0 Å². The van der Waals surface area contributed by atoms with Gasteiger partial charge in [0, 0.05) is 6.54 Å². The van der Waals surface area contributed by atoms with Gasteiger partial charge in [-0.3, -0.25) is 0 Å². The summed E-state index contributed by atoms with van der Waals surface area (Å²) in [6.07, 6.45) is 3.66. The Morgan fingerprint density at radius 1 is 1.38 bits per heavy atom. The number of aliphatic hydroxyl groups is 1. The minimum absolute atomic E-state index is 0.208. The van der Waals surface area contributed by atoms with Crippen LogP contribution in [-0.4, -0.2) is 32.7 Å². The monoisotopic (exact) mass is 312 g/mol. The van der Waals surface area contributed by atoms with E-state index < -0.39 is 15.6 Å². The zero-order chi connectivity index (χ0) is 15.5. The van der Waals surface area contributed by atoms with Gasteiger partial charge in [-0.25, -0.2) is 13.1 Å². The smallest absolute Gasteiger partial charge is 0.242 e. The number of anilines is 1. The normalized spacial score (nSPS) is 26.5. The number of para-hydroxylation sites is 1. The molecular weight excluding hydrogens is 288 g/mol. The Labute approximate surface area is 126 Å². The van der Waals surface area contributed by atoms with Crippen molar-refractivity contribution in [2.75, 3.05) is 18.9 Å². The van der Waals surface area contributed by atoms with Crippen molar-refractivity contribution in [1.82, 2.24) is 4.72 Å². The lowest BCUT2D eigenvalue weighted by molar-refractivity contribution is -0.000806. The Morgan fingerprint density at radius 2 is 2.10 bits per heavy atom. The van der Waals surface area contributed by atoms with Crippen molar-refractivity contribution >= 4 is 15.7 Å². The summed E-state index contributed by atoms with van der Waals surface area (Å²) in [5, 5.41) is 13.7. The van der Waals surface area contributed by atoms with E-state index in [0.29, 0.717) is 18.2 Å². The van der Waals surface area contributed by atoms with Gasteiger partial charge in [-0.15, -0.1) is 0 Å². The Morgan fingerprint density at radius 3 is 2.76 bits per heavy atom. The van der Waals surface area contributed by atoms with Crippen molar-refractivity contribution in [3.8, 4) is 0 Å². The number of benzene rings is 1. The first-order chi connectivity index (χ1) is 9.86. The van der Waals surface area contributed by atoms with Gasteiger partial charge in [0.05, 0.1) is 11.3 Å². The lowest BCUT2D eigenvalue weighted by Crippen LogP contribution is -2.41. The second kappa shape index (κ2) is 6.34. The van der Waals surface area contributed by atoms with E-state index in [2.05, 4.69) is 17.0 Å². The molecule has 1 aromatic carbocycles. The maximum atomic E-state index is 12.0. The van der Waals surface area contributed by atoms with Gasteiger partial charge in [0.15, 0.2) is 0 Å². The van der Waals surface area contributed by atoms with Crippen LogP contribution < -0.4 is 10.0 Å². The second-order valence-electron chi connectivity index (χ2n) is 5.98. The summed E-state index contributed by atoms with van der Waals surface area (Å²) < 4.78 is 26.3. The lowest BCUT2D eigenvalue weighted by atomic mass is 9.79. The van der Waals surface area contributed by atoms with Crippen LogP contribution in [0.5, 0.6) is 0 Å². The molecule has 0 aromatic heterocycles. The first-order valence-corrected chi connectivity index (χ1v) is 8.83. The molecule has 0 heterocycles. The molecule has 1 aromatic rings. The fourth-order valence-electron chi connectivity index (χ4n) is 3.01. The van der Waals surface area contributed by atoms with Crippen LogP contribution in [-0.2, 0) is 10.0 Å². The maximum Gasteiger partial charge on any atom is 0.242 e. The average Bonchev–Trinajstić information content (AvgIpc) is 2.45. The molecule has 118 valence electrons. The zero-order valence-electron chi connectivity index (χ0n) is 12.6. The number of rotatable bonds is 5. The van der Waals surface area contributed by atoms with Crippen molar-refractivity contribution in [1.29, 1.82) is 0 Å². The number of sulfonamides is 1. The molecule has 1 saturated carbocycles. The van der Waals surface area contributed by atoms with Crippen molar-refractivity contribution < 1.29 is 13.5 Å². The predicted molar refractivity (Wildman–Crippen MR) is 83.8 cm³/mol. The Hall–Kier alpha value is -1.11. The lowest BCUT2D eigenvalue weighted by Gasteiger charge is -2.36. The third kappa shape index (κ3) is 3.96. The fourth-order valence-corrected chi connectivity index (χ4v) is 3.92. The summed E-state index contributed by atoms with van der Waals surface area (Å²) in [5.41, 5.74) is -0.229. The Balaban J connectivity index is 2.14. The van der Waals surface area contributed by atoms with Gasteiger partial charge in [0.2, 0.25) is 10.0 Å². The highest BCUT2D eigenvalue weighted by molar-refractivity contribution is 7.89. The third-order valence-electron chi connectivity index (χ3n) is 4.12. The van der Waals surface area contributed by atoms with Gasteiger partial charge in [-0.05, 0) is 37.9 Å². The molecule has 6 heteroatoms. The maximum absolute atomic E-state index is 12.0. The SMILES string of the molecule is CNS(=O)(=O)c1ccccc1NCC1(O)CCCC(C)C1. The van der Waals surface area contributed by atoms with E-state index in [0.717, 1.165) is 25.7 Å². The first-order valence-electron chi connectivity index (χ1n) is 7.35. The molecule has 0 spiro atoms. The van der Waals surface area contributed by atoms with Crippen molar-refractivity contribution in [2.24, 2.45) is 5.92 Å². The molecule has 1 fully saturated rings. The van der Waals surface area contributed by atoms with Crippen LogP contribution in [0.1, 0.15) is 32.6 Å². The summed E-state index contributed by atoms with van der Waals surface area (Å²) in [6.45, 7) is 2.51. The first kappa shape index (κ1) is 16.3. The van der Waals surface area contributed by atoms with E-state index in [1.807, 2.05) is 0 Å². The van der Waals surface area contributed by atoms with E-state index in [1.165, 1.54) is 7.05 Å². The van der Waals surface area contributed by atoms with Gasteiger partial charge in [0.25, 0.3) is 0 Å². The molecule has 1 aliphatic carbocycles. The molecule has 0 amide bonds. The number of hydrogen-bond donors (Lipinski definition) is 3. The predicted octanol–water partition coefficient (Wildman–Crippen LogP) is 1.95. The summed E-state index contributed by atoms with van der Waals surface area (Å²) in [6, 6.07) is 6.75. The van der Waals surface area contributed by atoms with Crippen LogP contribution in [0.4, 0.5) is 5.69 Å². The summed E-state index contributed by atoms with van der Waals surface area (Å²) >= 11 is 0. The van der Waals surface area contributed by atoms with Crippen LogP contribution in [0.15, 0.2) is 29.2 Å². The molecule has 0 bridgehead atoms. The largest absolute Gasteiger partial charge is 0.388 e. The quantitative estimate of drug-likeness (QED) is 0.776. The fraction of sp³-hybridized carbons (Fsp3) is 0.600. The standard InChI is InChI=1S/C15H24N2O3S/c1-12-6-5-9-15(18,10-12)11-17-13-7-3-4-8-14(13)21(19,20)16-2/h3-4,7-8,12,16-18H,5-6,9-11H2,1-2H3. The molecule has 2 unspecified atom stereocenters. The molecule has 2 atom stereocenters. The highest BCUT2D eigenvalue weighted by atomic mass is 32.2. The van der Waals surface area contributed by atoms with E-state index in [9.17, 15) is 13.5 Å². The molecule has 1 aliphatic rings. The molecule has 3 N–H and O–H groups in total. The van der Waals surface area contributed by atoms with Gasteiger partial charge in [0.1, 0.15) is 4.90 Å². The molecule has 0 radical (unpaired) electrons.